The lowest BCUT2D eigenvalue weighted by molar-refractivity contribution is 0.0194. The predicted molar refractivity (Wildman–Crippen MR) is 106 cm³/mol. The van der Waals surface area contributed by atoms with Gasteiger partial charge in [-0.25, -0.2) is 0 Å². The predicted octanol–water partition coefficient (Wildman–Crippen LogP) is 1.10. The molecule has 2 N–H and O–H groups in total. The Kier molecular flexibility index (Phi) is 7.32. The number of hydrogen-bond acceptors (Lipinski definition) is 5. The number of rotatable bonds is 6. The van der Waals surface area contributed by atoms with Crippen LogP contribution in [-0.4, -0.2) is 86.5 Å². The molecule has 2 aliphatic heterocycles. The van der Waals surface area contributed by atoms with Crippen LogP contribution >= 0.6 is 0 Å². The molecule has 1 aromatic rings. The Balaban J connectivity index is 1.58. The van der Waals surface area contributed by atoms with E-state index < -0.39 is 6.10 Å². The highest BCUT2D eigenvalue weighted by Gasteiger charge is 2.30. The van der Waals surface area contributed by atoms with Crippen LogP contribution in [0.4, 0.5) is 0 Å². The summed E-state index contributed by atoms with van der Waals surface area (Å²) in [4.78, 5) is 9.54. The highest BCUT2D eigenvalue weighted by atomic mass is 16.5. The maximum atomic E-state index is 10.5. The molecule has 7 nitrogen and oxygen atoms in total. The zero-order chi connectivity index (χ0) is 19.1. The van der Waals surface area contributed by atoms with Crippen LogP contribution in [0.1, 0.15) is 25.0 Å². The number of aliphatic hydroxyl groups excluding tert-OH is 1. The zero-order valence-electron chi connectivity index (χ0n) is 16.4. The monoisotopic (exact) mass is 376 g/mol. The van der Waals surface area contributed by atoms with Crippen molar-refractivity contribution in [1.82, 2.24) is 15.1 Å². The van der Waals surface area contributed by atoms with Gasteiger partial charge in [-0.05, 0) is 31.0 Å². The Morgan fingerprint density at radius 3 is 2.70 bits per heavy atom. The first-order valence-electron chi connectivity index (χ1n) is 9.88. The molecular weight excluding hydrogens is 344 g/mol. The third-order valence-corrected chi connectivity index (χ3v) is 5.27. The molecule has 0 aliphatic carbocycles. The lowest BCUT2D eigenvalue weighted by Crippen LogP contribution is -2.46. The number of aliphatic hydroxyl groups is 1. The third kappa shape index (κ3) is 5.34. The molecule has 0 saturated carbocycles. The topological polar surface area (TPSA) is 69.6 Å². The molecule has 27 heavy (non-hydrogen) atoms. The van der Waals surface area contributed by atoms with E-state index in [9.17, 15) is 5.11 Å². The molecule has 2 atom stereocenters. The molecule has 150 valence electrons. The quantitative estimate of drug-likeness (QED) is 0.572. The second-order valence-corrected chi connectivity index (χ2v) is 7.02. The van der Waals surface area contributed by atoms with Crippen LogP contribution in [0.5, 0.6) is 5.75 Å². The van der Waals surface area contributed by atoms with E-state index in [1.807, 2.05) is 24.3 Å². The van der Waals surface area contributed by atoms with E-state index in [-0.39, 0.29) is 0 Å². The SMILES string of the molecule is CCNC(=NCC(O)c1ccc(OC)cc1)N1CCC(N2CCOCC2)C1. The number of guanidine groups is 1. The first kappa shape index (κ1) is 19.9. The van der Waals surface area contributed by atoms with Crippen LogP contribution in [0.2, 0.25) is 0 Å². The van der Waals surface area contributed by atoms with Crippen LogP contribution in [0, 0.1) is 0 Å². The Labute approximate surface area is 162 Å². The van der Waals surface area contributed by atoms with Crippen molar-refractivity contribution in [1.29, 1.82) is 0 Å². The maximum absolute atomic E-state index is 10.5. The number of hydrogen-bond donors (Lipinski definition) is 2. The normalized spacial score (nSPS) is 22.7. The van der Waals surface area contributed by atoms with E-state index in [2.05, 4.69) is 22.0 Å². The second kappa shape index (κ2) is 9.92. The van der Waals surface area contributed by atoms with E-state index in [0.717, 1.165) is 69.6 Å². The summed E-state index contributed by atoms with van der Waals surface area (Å²) in [6, 6.07) is 8.05. The van der Waals surface area contributed by atoms with E-state index in [4.69, 9.17) is 14.5 Å². The zero-order valence-corrected chi connectivity index (χ0v) is 16.4. The van der Waals surface area contributed by atoms with Gasteiger partial charge in [0.15, 0.2) is 5.96 Å². The van der Waals surface area contributed by atoms with E-state index in [1.54, 1.807) is 7.11 Å². The van der Waals surface area contributed by atoms with Crippen molar-refractivity contribution in [3.63, 3.8) is 0 Å². The van der Waals surface area contributed by atoms with Gasteiger partial charge in [-0.2, -0.15) is 0 Å². The van der Waals surface area contributed by atoms with E-state index in [0.29, 0.717) is 12.6 Å². The highest BCUT2D eigenvalue weighted by Crippen LogP contribution is 2.19. The smallest absolute Gasteiger partial charge is 0.194 e. The molecular formula is C20H32N4O3. The fourth-order valence-corrected chi connectivity index (χ4v) is 3.71. The molecule has 7 heteroatoms. The summed E-state index contributed by atoms with van der Waals surface area (Å²) in [7, 11) is 1.64. The Morgan fingerprint density at radius 2 is 2.04 bits per heavy atom. The number of morpholine rings is 1. The molecule has 0 bridgehead atoms. The van der Waals surface area contributed by atoms with Crippen molar-refractivity contribution >= 4 is 5.96 Å². The minimum atomic E-state index is -0.623. The summed E-state index contributed by atoms with van der Waals surface area (Å²) in [5.74, 6) is 1.68. The van der Waals surface area contributed by atoms with Crippen LogP contribution < -0.4 is 10.1 Å². The number of nitrogens with one attached hydrogen (secondary N) is 1. The van der Waals surface area contributed by atoms with Gasteiger partial charge in [0.1, 0.15) is 5.75 Å². The first-order chi connectivity index (χ1) is 13.2. The largest absolute Gasteiger partial charge is 0.497 e. The first-order valence-corrected chi connectivity index (χ1v) is 9.88. The van der Waals surface area contributed by atoms with E-state index in [1.165, 1.54) is 0 Å². The van der Waals surface area contributed by atoms with Crippen LogP contribution in [0.15, 0.2) is 29.3 Å². The number of ether oxygens (including phenoxy) is 2. The summed E-state index contributed by atoms with van der Waals surface area (Å²) in [6.45, 7) is 8.90. The van der Waals surface area contributed by atoms with Gasteiger partial charge in [0.25, 0.3) is 0 Å². The van der Waals surface area contributed by atoms with Crippen molar-refractivity contribution in [2.75, 3.05) is 59.6 Å². The summed E-state index contributed by atoms with van der Waals surface area (Å²) in [5.41, 5.74) is 0.850. The molecule has 3 rings (SSSR count). The van der Waals surface area contributed by atoms with Gasteiger partial charge < -0.3 is 24.8 Å². The number of benzene rings is 1. The highest BCUT2D eigenvalue weighted by molar-refractivity contribution is 5.80. The number of methoxy groups -OCH3 is 1. The average molecular weight is 377 g/mol. The van der Waals surface area contributed by atoms with Crippen molar-refractivity contribution in [2.24, 2.45) is 4.99 Å². The molecule has 2 unspecified atom stereocenters. The number of aliphatic imine (C=N–C) groups is 1. The second-order valence-electron chi connectivity index (χ2n) is 7.02. The fraction of sp³-hybridized carbons (Fsp3) is 0.650. The Bertz CT molecular complexity index is 602. The molecule has 0 spiro atoms. The molecule has 2 heterocycles. The maximum Gasteiger partial charge on any atom is 0.194 e. The number of nitrogens with zero attached hydrogens (tertiary/aromatic N) is 3. The summed E-state index contributed by atoms with van der Waals surface area (Å²) in [6.07, 6.45) is 0.521. The molecule has 2 saturated heterocycles. The summed E-state index contributed by atoms with van der Waals surface area (Å²) >= 11 is 0. The molecule has 1 aromatic carbocycles. The molecule has 0 radical (unpaired) electrons. The van der Waals surface area contributed by atoms with Gasteiger partial charge in [-0.3, -0.25) is 9.89 Å². The average Bonchev–Trinajstić information content (AvgIpc) is 3.21. The fourth-order valence-electron chi connectivity index (χ4n) is 3.71. The lowest BCUT2D eigenvalue weighted by Gasteiger charge is -2.32. The van der Waals surface area contributed by atoms with Crippen molar-refractivity contribution in [3.8, 4) is 5.75 Å². The van der Waals surface area contributed by atoms with E-state index >= 15 is 0 Å². The minimum Gasteiger partial charge on any atom is -0.497 e. The molecule has 0 amide bonds. The van der Waals surface area contributed by atoms with Gasteiger partial charge in [-0.15, -0.1) is 0 Å². The summed E-state index contributed by atoms with van der Waals surface area (Å²) in [5, 5.41) is 13.9. The van der Waals surface area contributed by atoms with Crippen molar-refractivity contribution in [2.45, 2.75) is 25.5 Å². The van der Waals surface area contributed by atoms with Gasteiger partial charge in [0.05, 0.1) is 33.0 Å². The van der Waals surface area contributed by atoms with Gasteiger partial charge >= 0.3 is 0 Å². The Hall–Kier alpha value is -1.83. The van der Waals surface area contributed by atoms with Crippen LogP contribution in [0.3, 0.4) is 0 Å². The summed E-state index contributed by atoms with van der Waals surface area (Å²) < 4.78 is 10.6. The van der Waals surface area contributed by atoms with Gasteiger partial charge in [0, 0.05) is 38.8 Å². The minimum absolute atomic E-state index is 0.341. The van der Waals surface area contributed by atoms with Crippen LogP contribution in [-0.2, 0) is 4.74 Å². The van der Waals surface area contributed by atoms with Crippen LogP contribution in [0.25, 0.3) is 0 Å². The van der Waals surface area contributed by atoms with Crippen molar-refractivity contribution < 1.29 is 14.6 Å². The lowest BCUT2D eigenvalue weighted by atomic mass is 10.1. The molecule has 2 aliphatic rings. The molecule has 0 aromatic heterocycles. The van der Waals surface area contributed by atoms with Gasteiger partial charge in [0.2, 0.25) is 0 Å². The molecule has 2 fully saturated rings. The van der Waals surface area contributed by atoms with Crippen molar-refractivity contribution in [3.05, 3.63) is 29.8 Å². The van der Waals surface area contributed by atoms with Gasteiger partial charge in [-0.1, -0.05) is 12.1 Å². The number of likely N-dealkylation sites (tertiary alicyclic amines) is 1. The standard InChI is InChI=1S/C20H32N4O3/c1-3-21-20(22-14-19(25)16-4-6-18(26-2)7-5-16)24-9-8-17(15-24)23-10-12-27-13-11-23/h4-7,17,19,25H,3,8-15H2,1-2H3,(H,21,22). The third-order valence-electron chi connectivity index (χ3n) is 5.27. The Morgan fingerprint density at radius 1 is 1.30 bits per heavy atom.